The second-order valence-corrected chi connectivity index (χ2v) is 12.2. The minimum absolute atomic E-state index is 0.192. The lowest BCUT2D eigenvalue weighted by atomic mass is 9.45. The molecular weight excluding hydrogens is 356 g/mol. The van der Waals surface area contributed by atoms with Crippen molar-refractivity contribution >= 4 is 0 Å². The molecule has 4 aliphatic rings. The Balaban J connectivity index is 1.52. The SMILES string of the molecule is CC(C)CCC[C@@H](C)[C@H]1CC[C@H]2[C@@H]3CCC4=CCC(O)C(O)[C@]4(C)[C@H]3CC[C@]12C. The topological polar surface area (TPSA) is 40.5 Å². The predicted molar refractivity (Wildman–Crippen MR) is 120 cm³/mol. The molecule has 2 nitrogen and oxygen atoms in total. The van der Waals surface area contributed by atoms with Crippen LogP contribution in [-0.2, 0) is 0 Å². The fourth-order valence-corrected chi connectivity index (χ4v) is 8.81. The van der Waals surface area contributed by atoms with Crippen molar-refractivity contribution in [3.8, 4) is 0 Å². The van der Waals surface area contributed by atoms with Crippen LogP contribution in [0.15, 0.2) is 11.6 Å². The normalized spacial score (nSPS) is 47.9. The van der Waals surface area contributed by atoms with E-state index < -0.39 is 12.2 Å². The van der Waals surface area contributed by atoms with Gasteiger partial charge in [0.2, 0.25) is 0 Å². The molecule has 0 radical (unpaired) electrons. The van der Waals surface area contributed by atoms with E-state index in [0.29, 0.717) is 17.8 Å². The van der Waals surface area contributed by atoms with Gasteiger partial charge < -0.3 is 10.2 Å². The van der Waals surface area contributed by atoms with Crippen LogP contribution in [0, 0.1) is 46.3 Å². The van der Waals surface area contributed by atoms with E-state index >= 15 is 0 Å². The van der Waals surface area contributed by atoms with Crippen molar-refractivity contribution in [2.24, 2.45) is 46.3 Å². The number of aliphatic hydroxyl groups excluding tert-OH is 2. The molecule has 29 heavy (non-hydrogen) atoms. The van der Waals surface area contributed by atoms with Gasteiger partial charge in [-0.3, -0.25) is 0 Å². The fourth-order valence-electron chi connectivity index (χ4n) is 8.81. The Labute approximate surface area is 179 Å². The van der Waals surface area contributed by atoms with Gasteiger partial charge in [0, 0.05) is 5.41 Å². The molecule has 0 heterocycles. The maximum Gasteiger partial charge on any atom is 0.0895 e. The van der Waals surface area contributed by atoms with Crippen molar-refractivity contribution in [2.45, 2.75) is 111 Å². The van der Waals surface area contributed by atoms with Crippen molar-refractivity contribution in [1.29, 1.82) is 0 Å². The van der Waals surface area contributed by atoms with Crippen LogP contribution >= 0.6 is 0 Å². The number of aliphatic hydroxyl groups is 2. The Kier molecular flexibility index (Phi) is 6.01. The third kappa shape index (κ3) is 3.45. The van der Waals surface area contributed by atoms with Crippen molar-refractivity contribution < 1.29 is 10.2 Å². The average Bonchev–Trinajstić information content (AvgIpc) is 3.02. The zero-order chi connectivity index (χ0) is 21.0. The molecule has 3 saturated carbocycles. The molecular formula is C27H46O2. The van der Waals surface area contributed by atoms with Gasteiger partial charge in [-0.1, -0.05) is 65.5 Å². The summed E-state index contributed by atoms with van der Waals surface area (Å²) < 4.78 is 0. The Hall–Kier alpha value is -0.340. The van der Waals surface area contributed by atoms with Crippen LogP contribution in [0.4, 0.5) is 0 Å². The standard InChI is InChI=1S/C27H46O2/c1-17(2)7-6-8-18(3)21-12-13-22-20-11-9-19-10-14-24(28)25(29)27(19,5)23(20)15-16-26(21,22)4/h10,17-18,20-25,28-29H,6-9,11-16H2,1-5H3/t18-,20+,21-,22+,23+,24?,25?,26-,27+/m1/s1. The molecule has 4 rings (SSSR count). The van der Waals surface area contributed by atoms with Gasteiger partial charge in [0.25, 0.3) is 0 Å². The number of hydrogen-bond donors (Lipinski definition) is 2. The Morgan fingerprint density at radius 3 is 2.48 bits per heavy atom. The predicted octanol–water partition coefficient (Wildman–Crippen LogP) is 6.36. The summed E-state index contributed by atoms with van der Waals surface area (Å²) in [6, 6.07) is 0. The second-order valence-electron chi connectivity index (χ2n) is 12.2. The first-order chi connectivity index (χ1) is 13.7. The average molecular weight is 403 g/mol. The maximum atomic E-state index is 11.1. The summed E-state index contributed by atoms with van der Waals surface area (Å²) in [5, 5.41) is 21.5. The van der Waals surface area contributed by atoms with Crippen LogP contribution in [0.3, 0.4) is 0 Å². The van der Waals surface area contributed by atoms with E-state index in [9.17, 15) is 10.2 Å². The Bertz CT molecular complexity index is 624. The van der Waals surface area contributed by atoms with Gasteiger partial charge in [0.15, 0.2) is 0 Å². The van der Waals surface area contributed by atoms with Gasteiger partial charge in [-0.05, 0) is 85.9 Å². The first-order valence-electron chi connectivity index (χ1n) is 12.7. The highest BCUT2D eigenvalue weighted by molar-refractivity contribution is 5.27. The zero-order valence-electron chi connectivity index (χ0n) is 19.7. The minimum atomic E-state index is -0.577. The third-order valence-electron chi connectivity index (χ3n) is 10.4. The summed E-state index contributed by atoms with van der Waals surface area (Å²) in [4.78, 5) is 0. The van der Waals surface area contributed by atoms with Crippen molar-refractivity contribution in [3.63, 3.8) is 0 Å². The largest absolute Gasteiger partial charge is 0.390 e. The monoisotopic (exact) mass is 402 g/mol. The molecule has 2 N–H and O–H groups in total. The highest BCUT2D eigenvalue weighted by Gasteiger charge is 2.61. The van der Waals surface area contributed by atoms with Gasteiger partial charge in [-0.15, -0.1) is 0 Å². The number of hydrogen-bond acceptors (Lipinski definition) is 2. The second kappa shape index (κ2) is 7.97. The van der Waals surface area contributed by atoms with Crippen molar-refractivity contribution in [1.82, 2.24) is 0 Å². The van der Waals surface area contributed by atoms with E-state index in [-0.39, 0.29) is 5.41 Å². The molecule has 166 valence electrons. The van der Waals surface area contributed by atoms with E-state index in [4.69, 9.17) is 0 Å². The van der Waals surface area contributed by atoms with Crippen LogP contribution in [0.5, 0.6) is 0 Å². The van der Waals surface area contributed by atoms with Gasteiger partial charge in [-0.25, -0.2) is 0 Å². The van der Waals surface area contributed by atoms with Crippen LogP contribution in [0.25, 0.3) is 0 Å². The Morgan fingerprint density at radius 1 is 1.00 bits per heavy atom. The zero-order valence-corrected chi connectivity index (χ0v) is 19.7. The first kappa shape index (κ1) is 21.9. The summed E-state index contributed by atoms with van der Waals surface area (Å²) in [5.41, 5.74) is 1.76. The summed E-state index contributed by atoms with van der Waals surface area (Å²) >= 11 is 0. The summed E-state index contributed by atoms with van der Waals surface area (Å²) in [6.45, 7) is 12.1. The molecule has 2 heteroatoms. The molecule has 0 spiro atoms. The smallest absolute Gasteiger partial charge is 0.0895 e. The molecule has 0 saturated heterocycles. The molecule has 0 bridgehead atoms. The van der Waals surface area contributed by atoms with E-state index in [1.807, 2.05) is 0 Å². The van der Waals surface area contributed by atoms with Gasteiger partial charge >= 0.3 is 0 Å². The quantitative estimate of drug-likeness (QED) is 0.525. The first-order valence-corrected chi connectivity index (χ1v) is 12.7. The fraction of sp³-hybridized carbons (Fsp3) is 0.926. The third-order valence-corrected chi connectivity index (χ3v) is 10.4. The molecule has 0 aliphatic heterocycles. The Morgan fingerprint density at radius 2 is 1.76 bits per heavy atom. The molecule has 9 atom stereocenters. The minimum Gasteiger partial charge on any atom is -0.390 e. The number of rotatable bonds is 5. The van der Waals surface area contributed by atoms with E-state index in [1.165, 1.54) is 56.9 Å². The van der Waals surface area contributed by atoms with Crippen LogP contribution in [-0.4, -0.2) is 22.4 Å². The molecule has 3 fully saturated rings. The maximum absolute atomic E-state index is 11.1. The molecule has 0 aromatic heterocycles. The van der Waals surface area contributed by atoms with Crippen molar-refractivity contribution in [3.05, 3.63) is 11.6 Å². The number of fused-ring (bicyclic) bond motifs is 5. The lowest BCUT2D eigenvalue weighted by Crippen LogP contribution is -2.57. The molecule has 2 unspecified atom stereocenters. The highest BCUT2D eigenvalue weighted by Crippen LogP contribution is 2.67. The van der Waals surface area contributed by atoms with Crippen LogP contribution in [0.2, 0.25) is 0 Å². The van der Waals surface area contributed by atoms with Gasteiger partial charge in [0.1, 0.15) is 0 Å². The summed E-state index contributed by atoms with van der Waals surface area (Å²) in [7, 11) is 0. The van der Waals surface area contributed by atoms with Crippen LogP contribution in [0.1, 0.15) is 98.8 Å². The summed E-state index contributed by atoms with van der Waals surface area (Å²) in [6.07, 6.45) is 13.7. The molecule has 0 aromatic carbocycles. The van der Waals surface area contributed by atoms with E-state index in [1.54, 1.807) is 0 Å². The summed E-state index contributed by atoms with van der Waals surface area (Å²) in [5.74, 6) is 4.67. The molecule has 0 aromatic rings. The van der Waals surface area contributed by atoms with Crippen LogP contribution < -0.4 is 0 Å². The lowest BCUT2D eigenvalue weighted by Gasteiger charge is -2.60. The van der Waals surface area contributed by atoms with Gasteiger partial charge in [0.05, 0.1) is 12.2 Å². The highest BCUT2D eigenvalue weighted by atomic mass is 16.3. The molecule has 0 amide bonds. The molecule has 4 aliphatic carbocycles. The van der Waals surface area contributed by atoms with Gasteiger partial charge in [-0.2, -0.15) is 0 Å². The van der Waals surface area contributed by atoms with Crippen molar-refractivity contribution in [2.75, 3.05) is 0 Å². The van der Waals surface area contributed by atoms with E-state index in [0.717, 1.165) is 36.0 Å². The lowest BCUT2D eigenvalue weighted by molar-refractivity contribution is -0.130. The van der Waals surface area contributed by atoms with E-state index in [2.05, 4.69) is 40.7 Å².